The van der Waals surface area contributed by atoms with Crippen molar-refractivity contribution in [1.82, 2.24) is 9.97 Å². The second-order valence-electron chi connectivity index (χ2n) is 4.00. The number of ether oxygens (including phenoxy) is 3. The molecule has 1 aromatic heterocycles. The van der Waals surface area contributed by atoms with E-state index in [9.17, 15) is 0 Å². The Bertz CT molecular complexity index is 361. The van der Waals surface area contributed by atoms with Crippen LogP contribution in [0.4, 0.5) is 0 Å². The maximum atomic E-state index is 5.51. The highest BCUT2D eigenvalue weighted by Gasteiger charge is 2.07. The lowest BCUT2D eigenvalue weighted by Gasteiger charge is -2.09. The predicted molar refractivity (Wildman–Crippen MR) is 72.0 cm³/mol. The van der Waals surface area contributed by atoms with Crippen molar-refractivity contribution in [1.29, 1.82) is 0 Å². The Labute approximate surface area is 116 Å². The summed E-state index contributed by atoms with van der Waals surface area (Å²) in [4.78, 5) is 8.60. The molecule has 5 nitrogen and oxygen atoms in total. The minimum atomic E-state index is 0.266. The molecule has 0 aromatic carbocycles. The summed E-state index contributed by atoms with van der Waals surface area (Å²) in [5, 5.41) is 0. The highest BCUT2D eigenvalue weighted by Crippen LogP contribution is 2.18. The lowest BCUT2D eigenvalue weighted by atomic mass is 10.2. The summed E-state index contributed by atoms with van der Waals surface area (Å²) in [7, 11) is 1.64. The molecule has 1 aromatic rings. The van der Waals surface area contributed by atoms with E-state index in [4.69, 9.17) is 14.2 Å². The number of hydrogen-bond acceptors (Lipinski definition) is 5. The minimum Gasteiger partial charge on any atom is -0.475 e. The van der Waals surface area contributed by atoms with Crippen molar-refractivity contribution in [2.24, 2.45) is 0 Å². The van der Waals surface area contributed by atoms with Crippen molar-refractivity contribution in [3.05, 3.63) is 16.5 Å². The van der Waals surface area contributed by atoms with Gasteiger partial charge in [0, 0.05) is 19.1 Å². The molecule has 18 heavy (non-hydrogen) atoms. The van der Waals surface area contributed by atoms with Crippen molar-refractivity contribution in [2.45, 2.75) is 19.8 Å². The van der Waals surface area contributed by atoms with Gasteiger partial charge in [0.15, 0.2) is 0 Å². The normalized spacial score (nSPS) is 10.9. The summed E-state index contributed by atoms with van der Waals surface area (Å²) in [6.45, 7) is 6.23. The average Bonchev–Trinajstić information content (AvgIpc) is 2.33. The fourth-order valence-electron chi connectivity index (χ4n) is 1.20. The molecule has 0 radical (unpaired) electrons. The van der Waals surface area contributed by atoms with Crippen molar-refractivity contribution >= 4 is 15.9 Å². The van der Waals surface area contributed by atoms with Crippen LogP contribution < -0.4 is 4.74 Å². The summed E-state index contributed by atoms with van der Waals surface area (Å²) in [5.74, 6) is 1.60. The molecule has 6 heteroatoms. The van der Waals surface area contributed by atoms with Gasteiger partial charge in [-0.05, 0) is 15.9 Å². The third-order valence-electron chi connectivity index (χ3n) is 2.11. The first-order valence-electron chi connectivity index (χ1n) is 5.87. The molecule has 0 saturated carbocycles. The SMILES string of the molecule is COCCOCCOc1cc(Br)nc(C(C)C)n1. The Kier molecular flexibility index (Phi) is 7.15. The first-order valence-corrected chi connectivity index (χ1v) is 6.66. The van der Waals surface area contributed by atoms with Crippen LogP contribution in [0.1, 0.15) is 25.6 Å². The van der Waals surface area contributed by atoms with E-state index in [1.165, 1.54) is 0 Å². The highest BCUT2D eigenvalue weighted by atomic mass is 79.9. The molecular formula is C12H19BrN2O3. The van der Waals surface area contributed by atoms with Gasteiger partial charge in [-0.3, -0.25) is 0 Å². The molecule has 1 rings (SSSR count). The Morgan fingerprint density at radius 2 is 1.89 bits per heavy atom. The zero-order valence-corrected chi connectivity index (χ0v) is 12.6. The molecule has 0 bridgehead atoms. The van der Waals surface area contributed by atoms with Crippen molar-refractivity contribution in [3.8, 4) is 5.88 Å². The fraction of sp³-hybridized carbons (Fsp3) is 0.667. The van der Waals surface area contributed by atoms with Crippen LogP contribution in [0.3, 0.4) is 0 Å². The molecule has 0 N–H and O–H groups in total. The van der Waals surface area contributed by atoms with Crippen LogP contribution in [0, 0.1) is 0 Å². The molecule has 102 valence electrons. The zero-order chi connectivity index (χ0) is 13.4. The number of halogens is 1. The van der Waals surface area contributed by atoms with Crippen molar-refractivity contribution in [2.75, 3.05) is 33.5 Å². The monoisotopic (exact) mass is 318 g/mol. The van der Waals surface area contributed by atoms with Gasteiger partial charge in [0.1, 0.15) is 17.0 Å². The maximum Gasteiger partial charge on any atom is 0.217 e. The van der Waals surface area contributed by atoms with E-state index in [-0.39, 0.29) is 5.92 Å². The molecule has 0 spiro atoms. The van der Waals surface area contributed by atoms with Crippen LogP contribution in [0.25, 0.3) is 0 Å². The molecule has 0 amide bonds. The third-order valence-corrected chi connectivity index (χ3v) is 2.52. The molecule has 1 heterocycles. The number of rotatable bonds is 8. The molecule has 0 saturated heterocycles. The van der Waals surface area contributed by atoms with Gasteiger partial charge in [0.2, 0.25) is 5.88 Å². The van der Waals surface area contributed by atoms with E-state index < -0.39 is 0 Å². The summed E-state index contributed by atoms with van der Waals surface area (Å²) >= 11 is 3.35. The lowest BCUT2D eigenvalue weighted by Crippen LogP contribution is -2.11. The summed E-state index contributed by atoms with van der Waals surface area (Å²) < 4.78 is 16.4. The molecule has 0 atom stereocenters. The second kappa shape index (κ2) is 8.39. The second-order valence-corrected chi connectivity index (χ2v) is 4.81. The Hall–Kier alpha value is -0.720. The standard InChI is InChI=1S/C12H19BrN2O3/c1-9(2)12-14-10(13)8-11(15-12)18-7-6-17-5-4-16-3/h8-9H,4-7H2,1-3H3. The van der Waals surface area contributed by atoms with E-state index >= 15 is 0 Å². The summed E-state index contributed by atoms with van der Waals surface area (Å²) in [5.41, 5.74) is 0. The fourth-order valence-corrected chi connectivity index (χ4v) is 1.57. The summed E-state index contributed by atoms with van der Waals surface area (Å²) in [6.07, 6.45) is 0. The lowest BCUT2D eigenvalue weighted by molar-refractivity contribution is 0.0536. The first-order chi connectivity index (χ1) is 8.63. The van der Waals surface area contributed by atoms with Gasteiger partial charge in [-0.1, -0.05) is 13.8 Å². The molecule has 0 aliphatic rings. The minimum absolute atomic E-state index is 0.266. The van der Waals surface area contributed by atoms with Crippen LogP contribution in [0.5, 0.6) is 5.88 Å². The van der Waals surface area contributed by atoms with Gasteiger partial charge in [0.05, 0.1) is 19.8 Å². The number of hydrogen-bond donors (Lipinski definition) is 0. The van der Waals surface area contributed by atoms with Crippen LogP contribution >= 0.6 is 15.9 Å². The van der Waals surface area contributed by atoms with Crippen LogP contribution in [-0.2, 0) is 9.47 Å². The van der Waals surface area contributed by atoms with E-state index in [1.54, 1.807) is 13.2 Å². The van der Waals surface area contributed by atoms with Gasteiger partial charge in [0.25, 0.3) is 0 Å². The number of aromatic nitrogens is 2. The largest absolute Gasteiger partial charge is 0.475 e. The predicted octanol–water partition coefficient (Wildman–Crippen LogP) is 2.40. The van der Waals surface area contributed by atoms with Crippen molar-refractivity contribution in [3.63, 3.8) is 0 Å². The topological polar surface area (TPSA) is 53.5 Å². The average molecular weight is 319 g/mol. The summed E-state index contributed by atoms with van der Waals surface area (Å²) in [6, 6.07) is 1.75. The number of methoxy groups -OCH3 is 1. The quantitative estimate of drug-likeness (QED) is 0.544. The van der Waals surface area contributed by atoms with E-state index in [0.29, 0.717) is 32.3 Å². The van der Waals surface area contributed by atoms with Crippen LogP contribution in [0.15, 0.2) is 10.7 Å². The maximum absolute atomic E-state index is 5.51. The van der Waals surface area contributed by atoms with Gasteiger partial charge in [-0.25, -0.2) is 4.98 Å². The molecule has 0 unspecified atom stereocenters. The molecule has 0 aliphatic heterocycles. The molecule has 0 aliphatic carbocycles. The van der Waals surface area contributed by atoms with Gasteiger partial charge >= 0.3 is 0 Å². The van der Waals surface area contributed by atoms with Crippen LogP contribution in [0.2, 0.25) is 0 Å². The smallest absolute Gasteiger partial charge is 0.217 e. The van der Waals surface area contributed by atoms with Gasteiger partial charge in [-0.2, -0.15) is 4.98 Å². The third kappa shape index (κ3) is 5.75. The Morgan fingerprint density at radius 3 is 2.56 bits per heavy atom. The van der Waals surface area contributed by atoms with Crippen LogP contribution in [-0.4, -0.2) is 43.5 Å². The highest BCUT2D eigenvalue weighted by molar-refractivity contribution is 9.10. The van der Waals surface area contributed by atoms with E-state index in [1.807, 2.05) is 13.8 Å². The molecule has 0 fully saturated rings. The van der Waals surface area contributed by atoms with Gasteiger partial charge < -0.3 is 14.2 Å². The van der Waals surface area contributed by atoms with Crippen molar-refractivity contribution < 1.29 is 14.2 Å². The van der Waals surface area contributed by atoms with E-state index in [0.717, 1.165) is 10.4 Å². The number of nitrogens with zero attached hydrogens (tertiary/aromatic N) is 2. The molecular weight excluding hydrogens is 300 g/mol. The Morgan fingerprint density at radius 1 is 1.17 bits per heavy atom. The Balaban J connectivity index is 2.37. The van der Waals surface area contributed by atoms with Gasteiger partial charge in [-0.15, -0.1) is 0 Å². The van der Waals surface area contributed by atoms with E-state index in [2.05, 4.69) is 25.9 Å². The zero-order valence-electron chi connectivity index (χ0n) is 11.0. The first kappa shape index (κ1) is 15.3.